The molecule has 0 unspecified atom stereocenters. The Kier molecular flexibility index (Phi) is 6.67. The molecule has 0 heterocycles. The van der Waals surface area contributed by atoms with Gasteiger partial charge in [-0.1, -0.05) is 120 Å². The van der Waals surface area contributed by atoms with E-state index in [-0.39, 0.29) is 0 Å². The van der Waals surface area contributed by atoms with Crippen LogP contribution in [-0.4, -0.2) is 31.4 Å². The van der Waals surface area contributed by atoms with Crippen LogP contribution in [0.5, 0.6) is 0 Å². The fourth-order valence-electron chi connectivity index (χ4n) is 5.12. The molecule has 0 aliphatic heterocycles. The molecule has 0 atom stereocenters. The summed E-state index contributed by atoms with van der Waals surface area (Å²) < 4.78 is 0. The Morgan fingerprint density at radius 1 is 0.436 bits per heavy atom. The molecule has 0 aliphatic carbocycles. The molecule has 1 N–H and O–H groups in total. The predicted octanol–water partition coefficient (Wildman–Crippen LogP) is 4.76. The third-order valence-electron chi connectivity index (χ3n) is 7.17. The predicted molar refractivity (Wildman–Crippen MR) is 172 cm³/mol. The lowest BCUT2D eigenvalue weighted by atomic mass is 9.64. The maximum absolute atomic E-state index is 6.76. The van der Waals surface area contributed by atoms with Gasteiger partial charge in [-0.15, -0.1) is 5.46 Å². The van der Waals surface area contributed by atoms with Crippen LogP contribution in [0.3, 0.4) is 0 Å². The molecule has 8 radical (unpaired) electrons. The number of anilines is 2. The van der Waals surface area contributed by atoms with Crippen molar-refractivity contribution in [2.75, 3.05) is 5.32 Å². The summed E-state index contributed by atoms with van der Waals surface area (Å²) in [5.74, 6) is 0. The van der Waals surface area contributed by atoms with Gasteiger partial charge in [0.2, 0.25) is 0 Å². The second kappa shape index (κ2) is 10.4. The number of hydrogen-bond acceptors (Lipinski definition) is 1. The first-order chi connectivity index (χ1) is 19.0. The van der Waals surface area contributed by atoms with E-state index in [2.05, 4.69) is 78.1 Å². The Balaban J connectivity index is 1.41. The Labute approximate surface area is 234 Å². The largest absolute Gasteiger partial charge is 0.356 e. The van der Waals surface area contributed by atoms with E-state index in [1.54, 1.807) is 0 Å². The average molecular weight is 487 g/mol. The van der Waals surface area contributed by atoms with E-state index >= 15 is 0 Å². The number of rotatable bonds is 5. The van der Waals surface area contributed by atoms with Crippen LogP contribution in [0.4, 0.5) is 11.4 Å². The van der Waals surface area contributed by atoms with Gasteiger partial charge >= 0.3 is 0 Å². The third kappa shape index (κ3) is 4.70. The summed E-state index contributed by atoms with van der Waals surface area (Å²) in [5.41, 5.74) is 8.80. The lowest BCUT2D eigenvalue weighted by molar-refractivity contribution is 1.57. The minimum atomic E-state index is 0.304. The van der Waals surface area contributed by atoms with Gasteiger partial charge in [-0.2, -0.15) is 0 Å². The summed E-state index contributed by atoms with van der Waals surface area (Å²) in [6.07, 6.45) is 0. The van der Waals surface area contributed by atoms with Crippen LogP contribution < -0.4 is 27.2 Å². The van der Waals surface area contributed by atoms with Crippen molar-refractivity contribution in [3.63, 3.8) is 0 Å². The van der Waals surface area contributed by atoms with Gasteiger partial charge in [0, 0.05) is 11.4 Å². The van der Waals surface area contributed by atoms with E-state index in [4.69, 9.17) is 31.4 Å². The number of hydrogen-bond donors (Lipinski definition) is 1. The maximum Gasteiger partial charge on any atom is 0.117 e. The van der Waals surface area contributed by atoms with E-state index in [0.717, 1.165) is 33.5 Å². The molecule has 6 aromatic rings. The van der Waals surface area contributed by atoms with Gasteiger partial charge < -0.3 is 5.32 Å². The Morgan fingerprint density at radius 2 is 1.05 bits per heavy atom. The summed E-state index contributed by atoms with van der Waals surface area (Å²) >= 11 is 0. The van der Waals surface area contributed by atoms with E-state index in [1.807, 2.05) is 48.5 Å². The van der Waals surface area contributed by atoms with Gasteiger partial charge in [-0.05, 0) is 62.4 Å². The number of nitrogens with one attached hydrogen (secondary N) is 1. The fraction of sp³-hybridized carbons (Fsp3) is 0. The van der Waals surface area contributed by atoms with E-state index in [1.165, 1.54) is 10.8 Å². The Hall–Kier alpha value is -4.36. The summed E-state index contributed by atoms with van der Waals surface area (Å²) in [4.78, 5) is 0. The smallest absolute Gasteiger partial charge is 0.117 e. The summed E-state index contributed by atoms with van der Waals surface area (Å²) in [6, 6.07) is 41.1. The highest BCUT2D eigenvalue weighted by Gasteiger charge is 2.16. The zero-order chi connectivity index (χ0) is 26.9. The van der Waals surface area contributed by atoms with Gasteiger partial charge in [-0.25, -0.2) is 0 Å². The van der Waals surface area contributed by atoms with Crippen LogP contribution in [-0.2, 0) is 0 Å². The van der Waals surface area contributed by atoms with Crippen molar-refractivity contribution in [2.24, 2.45) is 0 Å². The van der Waals surface area contributed by atoms with Crippen LogP contribution in [0.1, 0.15) is 0 Å². The first kappa shape index (κ1) is 24.9. The second-order valence-electron chi connectivity index (χ2n) is 9.58. The van der Waals surface area contributed by atoms with E-state index in [9.17, 15) is 0 Å². The van der Waals surface area contributed by atoms with Crippen molar-refractivity contribution in [3.8, 4) is 33.4 Å². The monoisotopic (exact) mass is 487 g/mol. The molecule has 39 heavy (non-hydrogen) atoms. The molecule has 6 aromatic carbocycles. The molecular formula is C34H21B4N. The SMILES string of the molecule is [B]c1c([B])c(Nc2ccc(-c3ccccc3)cc2)c([B])c(-c2cccc(-c3cccc4ccccc34)c2)c1[B]. The Bertz CT molecular complexity index is 1810. The van der Waals surface area contributed by atoms with Crippen LogP contribution in [0.2, 0.25) is 0 Å². The molecule has 0 aliphatic rings. The molecule has 0 spiro atoms. The molecule has 0 saturated carbocycles. The molecular weight excluding hydrogens is 466 g/mol. The maximum atomic E-state index is 6.76. The summed E-state index contributed by atoms with van der Waals surface area (Å²) in [7, 11) is 26.1. The molecule has 0 fully saturated rings. The van der Waals surface area contributed by atoms with Crippen molar-refractivity contribution in [3.05, 3.63) is 121 Å². The number of fused-ring (bicyclic) bond motifs is 1. The Morgan fingerprint density at radius 3 is 1.85 bits per heavy atom. The van der Waals surface area contributed by atoms with Crippen molar-refractivity contribution in [1.29, 1.82) is 0 Å². The van der Waals surface area contributed by atoms with Gasteiger partial charge in [0.25, 0.3) is 0 Å². The second-order valence-corrected chi connectivity index (χ2v) is 9.58. The van der Waals surface area contributed by atoms with E-state index < -0.39 is 0 Å². The van der Waals surface area contributed by atoms with Crippen LogP contribution in [0.15, 0.2) is 121 Å². The summed E-state index contributed by atoms with van der Waals surface area (Å²) in [6.45, 7) is 0. The normalized spacial score (nSPS) is 11.0. The fourth-order valence-corrected chi connectivity index (χ4v) is 5.12. The average Bonchev–Trinajstić information content (AvgIpc) is 2.99. The molecule has 1 nitrogen and oxygen atoms in total. The highest BCUT2D eigenvalue weighted by molar-refractivity contribution is 6.63. The highest BCUT2D eigenvalue weighted by atomic mass is 14.9. The third-order valence-corrected chi connectivity index (χ3v) is 7.17. The minimum Gasteiger partial charge on any atom is -0.356 e. The van der Waals surface area contributed by atoms with Crippen LogP contribution in [0.25, 0.3) is 44.2 Å². The van der Waals surface area contributed by atoms with Crippen molar-refractivity contribution < 1.29 is 0 Å². The quantitative estimate of drug-likeness (QED) is 0.347. The van der Waals surface area contributed by atoms with Gasteiger partial charge in [0.05, 0.1) is 0 Å². The van der Waals surface area contributed by atoms with E-state index in [0.29, 0.717) is 33.1 Å². The topological polar surface area (TPSA) is 12.0 Å². The summed E-state index contributed by atoms with van der Waals surface area (Å²) in [5, 5.41) is 5.74. The molecule has 174 valence electrons. The molecule has 0 bridgehead atoms. The van der Waals surface area contributed by atoms with Crippen molar-refractivity contribution in [2.45, 2.75) is 0 Å². The zero-order valence-electron chi connectivity index (χ0n) is 21.4. The lowest BCUT2D eigenvalue weighted by Crippen LogP contribution is -2.46. The van der Waals surface area contributed by atoms with Crippen molar-refractivity contribution in [1.82, 2.24) is 0 Å². The van der Waals surface area contributed by atoms with Gasteiger partial charge in [0.1, 0.15) is 31.4 Å². The molecule has 0 amide bonds. The first-order valence-electron chi connectivity index (χ1n) is 12.8. The number of benzene rings is 6. The minimum absolute atomic E-state index is 0.304. The zero-order valence-corrected chi connectivity index (χ0v) is 21.4. The van der Waals surface area contributed by atoms with Gasteiger partial charge in [-0.3, -0.25) is 0 Å². The highest BCUT2D eigenvalue weighted by Crippen LogP contribution is 2.31. The van der Waals surface area contributed by atoms with Gasteiger partial charge in [0.15, 0.2) is 0 Å². The van der Waals surface area contributed by atoms with Crippen molar-refractivity contribution >= 4 is 75.4 Å². The van der Waals surface area contributed by atoms with Crippen LogP contribution >= 0.6 is 0 Å². The molecule has 6 rings (SSSR count). The molecule has 0 saturated heterocycles. The first-order valence-corrected chi connectivity index (χ1v) is 12.8. The molecule has 5 heteroatoms. The van der Waals surface area contributed by atoms with Crippen LogP contribution in [0, 0.1) is 0 Å². The molecule has 0 aromatic heterocycles. The standard InChI is InChI=1S/C34H21B4N/c35-30-29(25-13-6-12-24(20-25)28-15-7-11-23-10-4-5-14-27(23)28)31(36)34(33(38)32(30)37)39-26-18-16-22(17-19-26)21-8-2-1-3-9-21/h1-20,39H. The lowest BCUT2D eigenvalue weighted by Gasteiger charge is -2.24.